The van der Waals surface area contributed by atoms with E-state index >= 15 is 0 Å². The lowest BCUT2D eigenvalue weighted by Crippen LogP contribution is -2.14. The summed E-state index contributed by atoms with van der Waals surface area (Å²) in [5.74, 6) is -0.583. The number of hydrogen-bond acceptors (Lipinski definition) is 4. The summed E-state index contributed by atoms with van der Waals surface area (Å²) >= 11 is 0. The van der Waals surface area contributed by atoms with E-state index < -0.39 is 17.6 Å². The molecule has 10 heteroatoms. The third-order valence-corrected chi connectivity index (χ3v) is 3.93. The summed E-state index contributed by atoms with van der Waals surface area (Å²) in [6.07, 6.45) is -3.39. The summed E-state index contributed by atoms with van der Waals surface area (Å²) in [5.41, 5.74) is 0.710. The van der Waals surface area contributed by atoms with E-state index in [4.69, 9.17) is 0 Å². The normalized spacial score (nSPS) is 11.6. The van der Waals surface area contributed by atoms with Crippen molar-refractivity contribution in [2.24, 2.45) is 7.05 Å². The summed E-state index contributed by atoms with van der Waals surface area (Å²) in [5, 5.41) is 14.2. The van der Waals surface area contributed by atoms with E-state index in [9.17, 15) is 18.0 Å². The SMILES string of the molecule is Cc1nn(C)c(C)c1NC(=O)c1cn(-c2ccccc2C(F)(F)F)nn1. The number of hydrogen-bond donors (Lipinski definition) is 1. The molecule has 0 unspecified atom stereocenters. The van der Waals surface area contributed by atoms with Crippen molar-refractivity contribution in [3.05, 3.63) is 53.1 Å². The number of carbonyl (C=O) groups excluding carboxylic acids is 1. The topological polar surface area (TPSA) is 77.6 Å². The van der Waals surface area contributed by atoms with Crippen molar-refractivity contribution in [3.63, 3.8) is 0 Å². The molecule has 3 rings (SSSR count). The summed E-state index contributed by atoms with van der Waals surface area (Å²) in [7, 11) is 1.74. The van der Waals surface area contributed by atoms with Crippen molar-refractivity contribution in [2.45, 2.75) is 20.0 Å². The van der Waals surface area contributed by atoms with Crippen molar-refractivity contribution in [3.8, 4) is 5.69 Å². The highest BCUT2D eigenvalue weighted by molar-refractivity contribution is 6.03. The van der Waals surface area contributed by atoms with Crippen LogP contribution in [0.25, 0.3) is 5.69 Å². The average molecular weight is 364 g/mol. The molecule has 2 heterocycles. The number of benzene rings is 1. The maximum absolute atomic E-state index is 13.1. The molecule has 0 saturated carbocycles. The number of halogens is 3. The Kier molecular flexibility index (Phi) is 4.26. The summed E-state index contributed by atoms with van der Waals surface area (Å²) in [4.78, 5) is 12.4. The van der Waals surface area contributed by atoms with Crippen LogP contribution in [0.2, 0.25) is 0 Å². The van der Waals surface area contributed by atoms with Gasteiger partial charge in [-0.2, -0.15) is 18.3 Å². The van der Waals surface area contributed by atoms with Crippen LogP contribution >= 0.6 is 0 Å². The highest BCUT2D eigenvalue weighted by atomic mass is 19.4. The fourth-order valence-electron chi connectivity index (χ4n) is 2.53. The molecule has 0 aliphatic rings. The molecule has 136 valence electrons. The minimum atomic E-state index is -4.55. The van der Waals surface area contributed by atoms with Crippen LogP contribution < -0.4 is 5.32 Å². The lowest BCUT2D eigenvalue weighted by atomic mass is 10.1. The van der Waals surface area contributed by atoms with Crippen LogP contribution in [0.15, 0.2) is 30.5 Å². The van der Waals surface area contributed by atoms with Gasteiger partial charge in [0.05, 0.1) is 34.5 Å². The zero-order valence-corrected chi connectivity index (χ0v) is 14.2. The van der Waals surface area contributed by atoms with Crippen molar-refractivity contribution in [1.29, 1.82) is 0 Å². The van der Waals surface area contributed by atoms with Crippen molar-refractivity contribution >= 4 is 11.6 Å². The van der Waals surface area contributed by atoms with Gasteiger partial charge in [-0.3, -0.25) is 9.48 Å². The van der Waals surface area contributed by atoms with Gasteiger partial charge in [-0.15, -0.1) is 5.10 Å². The van der Waals surface area contributed by atoms with Gasteiger partial charge in [-0.25, -0.2) is 4.68 Å². The molecule has 1 amide bonds. The Bertz CT molecular complexity index is 973. The predicted octanol–water partition coefficient (Wildman–Crippen LogP) is 2.89. The molecule has 3 aromatic rings. The highest BCUT2D eigenvalue weighted by Crippen LogP contribution is 2.33. The number of carbonyl (C=O) groups is 1. The van der Waals surface area contributed by atoms with Gasteiger partial charge in [0.15, 0.2) is 5.69 Å². The molecule has 0 bridgehead atoms. The molecule has 0 saturated heterocycles. The monoisotopic (exact) mass is 364 g/mol. The fourth-order valence-corrected chi connectivity index (χ4v) is 2.53. The van der Waals surface area contributed by atoms with Gasteiger partial charge >= 0.3 is 6.18 Å². The molecule has 0 spiro atoms. The number of anilines is 1. The minimum Gasteiger partial charge on any atom is -0.317 e. The second-order valence-corrected chi connectivity index (χ2v) is 5.69. The molecule has 26 heavy (non-hydrogen) atoms. The van der Waals surface area contributed by atoms with Crippen LogP contribution in [0.4, 0.5) is 18.9 Å². The average Bonchev–Trinajstić information content (AvgIpc) is 3.15. The molecular weight excluding hydrogens is 349 g/mol. The van der Waals surface area contributed by atoms with Gasteiger partial charge in [0.1, 0.15) is 0 Å². The lowest BCUT2D eigenvalue weighted by molar-refractivity contribution is -0.137. The predicted molar refractivity (Wildman–Crippen MR) is 87.0 cm³/mol. The quantitative estimate of drug-likeness (QED) is 0.775. The third-order valence-electron chi connectivity index (χ3n) is 3.93. The smallest absolute Gasteiger partial charge is 0.317 e. The number of nitrogens with one attached hydrogen (secondary N) is 1. The van der Waals surface area contributed by atoms with Gasteiger partial charge in [0.2, 0.25) is 0 Å². The van der Waals surface area contributed by atoms with Crippen molar-refractivity contribution in [1.82, 2.24) is 24.8 Å². The molecule has 1 aromatic carbocycles. The number of para-hydroxylation sites is 1. The van der Waals surface area contributed by atoms with Crippen LogP contribution in [0, 0.1) is 13.8 Å². The van der Waals surface area contributed by atoms with Crippen molar-refractivity contribution < 1.29 is 18.0 Å². The van der Waals surface area contributed by atoms with Gasteiger partial charge in [0, 0.05) is 7.05 Å². The van der Waals surface area contributed by atoms with Crippen LogP contribution in [0.3, 0.4) is 0 Å². The Balaban J connectivity index is 1.90. The number of aromatic nitrogens is 5. The Hall–Kier alpha value is -3.17. The Morgan fingerprint density at radius 1 is 1.19 bits per heavy atom. The Morgan fingerprint density at radius 2 is 1.88 bits per heavy atom. The first-order valence-corrected chi connectivity index (χ1v) is 7.59. The zero-order valence-electron chi connectivity index (χ0n) is 14.2. The number of alkyl halides is 3. The largest absolute Gasteiger partial charge is 0.418 e. The van der Waals surface area contributed by atoms with Gasteiger partial charge in [0.25, 0.3) is 5.91 Å². The fraction of sp³-hybridized carbons (Fsp3) is 0.250. The summed E-state index contributed by atoms with van der Waals surface area (Å²) < 4.78 is 41.9. The molecule has 0 fully saturated rings. The van der Waals surface area contributed by atoms with Crippen LogP contribution in [-0.2, 0) is 13.2 Å². The minimum absolute atomic E-state index is 0.107. The van der Waals surface area contributed by atoms with Crippen LogP contribution in [0.5, 0.6) is 0 Å². The second-order valence-electron chi connectivity index (χ2n) is 5.69. The van der Waals surface area contributed by atoms with E-state index in [1.165, 1.54) is 18.2 Å². The van der Waals surface area contributed by atoms with Gasteiger partial charge < -0.3 is 5.32 Å². The summed E-state index contributed by atoms with van der Waals surface area (Å²) in [6.45, 7) is 3.52. The first-order chi connectivity index (χ1) is 12.2. The van der Waals surface area contributed by atoms with E-state index in [-0.39, 0.29) is 11.4 Å². The second kappa shape index (κ2) is 6.28. The molecule has 0 atom stereocenters. The molecule has 0 radical (unpaired) electrons. The maximum atomic E-state index is 13.1. The van der Waals surface area contributed by atoms with E-state index in [0.29, 0.717) is 11.4 Å². The van der Waals surface area contributed by atoms with E-state index in [1.54, 1.807) is 25.6 Å². The Morgan fingerprint density at radius 3 is 2.50 bits per heavy atom. The number of amides is 1. The number of nitrogens with zero attached hydrogens (tertiary/aromatic N) is 5. The lowest BCUT2D eigenvalue weighted by Gasteiger charge is -2.11. The van der Waals surface area contributed by atoms with Crippen LogP contribution in [0.1, 0.15) is 27.4 Å². The first-order valence-electron chi connectivity index (χ1n) is 7.59. The Labute approximate surface area is 146 Å². The molecular formula is C16H15F3N6O. The molecule has 2 aromatic heterocycles. The molecule has 7 nitrogen and oxygen atoms in total. The molecule has 0 aliphatic carbocycles. The number of aryl methyl sites for hydroxylation is 2. The first kappa shape index (κ1) is 17.6. The third kappa shape index (κ3) is 3.17. The van der Waals surface area contributed by atoms with E-state index in [2.05, 4.69) is 20.7 Å². The standard InChI is InChI=1S/C16H15F3N6O/c1-9-14(10(2)24(3)22-9)20-15(26)12-8-25(23-21-12)13-7-5-4-6-11(13)16(17,18)19/h4-8H,1-3H3,(H,20,26). The highest BCUT2D eigenvalue weighted by Gasteiger charge is 2.34. The molecule has 0 aliphatic heterocycles. The van der Waals surface area contributed by atoms with Crippen LogP contribution in [-0.4, -0.2) is 30.7 Å². The van der Waals surface area contributed by atoms with Crippen molar-refractivity contribution in [2.75, 3.05) is 5.32 Å². The number of rotatable bonds is 3. The van der Waals surface area contributed by atoms with E-state index in [1.807, 2.05) is 0 Å². The maximum Gasteiger partial charge on any atom is 0.418 e. The summed E-state index contributed by atoms with van der Waals surface area (Å²) in [6, 6.07) is 4.94. The van der Waals surface area contributed by atoms with Gasteiger partial charge in [-0.05, 0) is 26.0 Å². The zero-order chi connectivity index (χ0) is 19.1. The molecule has 1 N–H and O–H groups in total. The van der Waals surface area contributed by atoms with E-state index in [0.717, 1.165) is 22.6 Å². The van der Waals surface area contributed by atoms with Gasteiger partial charge in [-0.1, -0.05) is 17.3 Å².